The van der Waals surface area contributed by atoms with Gasteiger partial charge in [0.05, 0.1) is 6.10 Å². The first-order valence-corrected chi connectivity index (χ1v) is 8.59. The summed E-state index contributed by atoms with van der Waals surface area (Å²) in [6.45, 7) is 5.63. The molecular weight excluding hydrogens is 316 g/mol. The van der Waals surface area contributed by atoms with Crippen LogP contribution in [-0.4, -0.2) is 65.7 Å². The lowest BCUT2D eigenvalue weighted by Gasteiger charge is -2.36. The van der Waals surface area contributed by atoms with E-state index in [9.17, 15) is 9.90 Å². The number of halogens is 1. The number of aliphatic hydroxyl groups is 1. The van der Waals surface area contributed by atoms with E-state index in [-0.39, 0.29) is 12.0 Å². The molecule has 0 bridgehead atoms. The van der Waals surface area contributed by atoms with Gasteiger partial charge in [0.2, 0.25) is 0 Å². The molecular formula is C17H23ClN2O3. The number of piperazine rings is 1. The number of rotatable bonds is 4. The molecule has 1 saturated heterocycles. The van der Waals surface area contributed by atoms with E-state index in [2.05, 4.69) is 4.90 Å². The number of amides is 1. The van der Waals surface area contributed by atoms with Gasteiger partial charge in [0, 0.05) is 44.2 Å². The molecule has 0 saturated carbocycles. The lowest BCUT2D eigenvalue weighted by atomic mass is 10.1. The predicted octanol–water partition coefficient (Wildman–Crippen LogP) is 1.56. The Morgan fingerprint density at radius 1 is 1.39 bits per heavy atom. The number of fused-ring (bicyclic) bond motifs is 1. The standard InChI is InChI=1S/C17H23ClN2O3/c1-2-14(21)11-19-5-7-20(8-6-19)17(22)16-10-12-9-13(18)3-4-15(12)23-16/h3-4,9,14,16,21H,2,5-8,10-11H2,1H3/t14-,16-/m0/s1. The molecule has 1 amide bonds. The minimum absolute atomic E-state index is 0.0491. The Morgan fingerprint density at radius 3 is 2.83 bits per heavy atom. The SMILES string of the molecule is CC[C@H](O)CN1CCN(C(=O)[C@@H]2Cc3cc(Cl)ccc3O2)CC1. The number of hydrogen-bond donors (Lipinski definition) is 1. The maximum absolute atomic E-state index is 12.6. The van der Waals surface area contributed by atoms with Crippen LogP contribution in [0.2, 0.25) is 5.02 Å². The van der Waals surface area contributed by atoms with Gasteiger partial charge in [-0.2, -0.15) is 0 Å². The molecule has 2 heterocycles. The molecule has 126 valence electrons. The fraction of sp³-hybridized carbons (Fsp3) is 0.588. The second-order valence-electron chi connectivity index (χ2n) is 6.25. The average Bonchev–Trinajstić information content (AvgIpc) is 2.97. The molecule has 2 aliphatic heterocycles. The summed E-state index contributed by atoms with van der Waals surface area (Å²) in [7, 11) is 0. The van der Waals surface area contributed by atoms with E-state index in [4.69, 9.17) is 16.3 Å². The normalized spacial score (nSPS) is 22.6. The summed E-state index contributed by atoms with van der Waals surface area (Å²) in [5.41, 5.74) is 1.00. The summed E-state index contributed by atoms with van der Waals surface area (Å²) >= 11 is 5.99. The minimum Gasteiger partial charge on any atom is -0.480 e. The number of carbonyl (C=O) groups is 1. The second-order valence-corrected chi connectivity index (χ2v) is 6.69. The van der Waals surface area contributed by atoms with Gasteiger partial charge in [0.25, 0.3) is 5.91 Å². The van der Waals surface area contributed by atoms with Crippen molar-refractivity contribution in [1.29, 1.82) is 0 Å². The van der Waals surface area contributed by atoms with Crippen molar-refractivity contribution >= 4 is 17.5 Å². The summed E-state index contributed by atoms with van der Waals surface area (Å²) in [6.07, 6.45) is 0.630. The molecule has 1 aromatic carbocycles. The molecule has 1 fully saturated rings. The number of hydrogen-bond acceptors (Lipinski definition) is 4. The van der Waals surface area contributed by atoms with E-state index in [1.54, 1.807) is 6.07 Å². The van der Waals surface area contributed by atoms with E-state index in [0.29, 0.717) is 31.1 Å². The van der Waals surface area contributed by atoms with Gasteiger partial charge in [-0.25, -0.2) is 0 Å². The van der Waals surface area contributed by atoms with Gasteiger partial charge >= 0.3 is 0 Å². The third kappa shape index (κ3) is 3.79. The molecule has 0 aliphatic carbocycles. The van der Waals surface area contributed by atoms with E-state index < -0.39 is 6.10 Å². The highest BCUT2D eigenvalue weighted by Crippen LogP contribution is 2.31. The van der Waals surface area contributed by atoms with E-state index >= 15 is 0 Å². The van der Waals surface area contributed by atoms with Crippen molar-refractivity contribution < 1.29 is 14.6 Å². The molecule has 3 rings (SSSR count). The smallest absolute Gasteiger partial charge is 0.264 e. The van der Waals surface area contributed by atoms with Gasteiger partial charge in [-0.3, -0.25) is 9.69 Å². The zero-order valence-electron chi connectivity index (χ0n) is 13.4. The van der Waals surface area contributed by atoms with Crippen molar-refractivity contribution in [2.45, 2.75) is 32.0 Å². The van der Waals surface area contributed by atoms with Crippen LogP contribution in [0.15, 0.2) is 18.2 Å². The van der Waals surface area contributed by atoms with Crippen LogP contribution >= 0.6 is 11.6 Å². The summed E-state index contributed by atoms with van der Waals surface area (Å²) in [5, 5.41) is 10.4. The summed E-state index contributed by atoms with van der Waals surface area (Å²) in [6, 6.07) is 5.48. The maximum atomic E-state index is 12.6. The van der Waals surface area contributed by atoms with Crippen molar-refractivity contribution in [3.63, 3.8) is 0 Å². The van der Waals surface area contributed by atoms with Crippen LogP contribution in [-0.2, 0) is 11.2 Å². The number of nitrogens with zero attached hydrogens (tertiary/aromatic N) is 2. The molecule has 23 heavy (non-hydrogen) atoms. The average molecular weight is 339 g/mol. The lowest BCUT2D eigenvalue weighted by molar-refractivity contribution is -0.139. The Kier molecular flexibility index (Phi) is 5.09. The topological polar surface area (TPSA) is 53.0 Å². The van der Waals surface area contributed by atoms with Crippen LogP contribution in [0.5, 0.6) is 5.75 Å². The van der Waals surface area contributed by atoms with Crippen molar-refractivity contribution in [2.24, 2.45) is 0 Å². The quantitative estimate of drug-likeness (QED) is 0.905. The molecule has 1 aromatic rings. The highest BCUT2D eigenvalue weighted by Gasteiger charge is 2.34. The first-order valence-electron chi connectivity index (χ1n) is 8.21. The van der Waals surface area contributed by atoms with Crippen LogP contribution in [0.25, 0.3) is 0 Å². The molecule has 0 unspecified atom stereocenters. The lowest BCUT2D eigenvalue weighted by Crippen LogP contribution is -2.53. The third-order valence-electron chi connectivity index (χ3n) is 4.60. The van der Waals surface area contributed by atoms with Crippen molar-refractivity contribution in [3.05, 3.63) is 28.8 Å². The minimum atomic E-state index is -0.434. The zero-order valence-corrected chi connectivity index (χ0v) is 14.1. The first-order chi connectivity index (χ1) is 11.1. The number of β-amino-alcohol motifs (C(OH)–C–C–N with tert-alkyl or cyclic N) is 1. The van der Waals surface area contributed by atoms with Crippen LogP contribution < -0.4 is 4.74 Å². The monoisotopic (exact) mass is 338 g/mol. The molecule has 0 aromatic heterocycles. The Morgan fingerprint density at radius 2 is 2.13 bits per heavy atom. The Balaban J connectivity index is 1.53. The summed E-state index contributed by atoms with van der Waals surface area (Å²) in [4.78, 5) is 16.7. The predicted molar refractivity (Wildman–Crippen MR) is 88.9 cm³/mol. The second kappa shape index (κ2) is 7.07. The maximum Gasteiger partial charge on any atom is 0.264 e. The van der Waals surface area contributed by atoms with E-state index in [0.717, 1.165) is 30.8 Å². The Bertz CT molecular complexity index is 573. The van der Waals surface area contributed by atoms with Crippen molar-refractivity contribution in [3.8, 4) is 5.75 Å². The number of carbonyl (C=O) groups excluding carboxylic acids is 1. The number of benzene rings is 1. The molecule has 5 nitrogen and oxygen atoms in total. The van der Waals surface area contributed by atoms with Crippen LogP contribution in [0, 0.1) is 0 Å². The molecule has 6 heteroatoms. The van der Waals surface area contributed by atoms with Crippen molar-refractivity contribution in [2.75, 3.05) is 32.7 Å². The van der Waals surface area contributed by atoms with Gasteiger partial charge in [-0.1, -0.05) is 18.5 Å². The largest absolute Gasteiger partial charge is 0.480 e. The fourth-order valence-electron chi connectivity index (χ4n) is 3.14. The Labute approximate surface area is 141 Å². The van der Waals surface area contributed by atoms with Gasteiger partial charge in [-0.05, 0) is 30.2 Å². The van der Waals surface area contributed by atoms with Crippen LogP contribution in [0.4, 0.5) is 0 Å². The molecule has 2 aliphatic rings. The van der Waals surface area contributed by atoms with Gasteiger partial charge in [0.1, 0.15) is 5.75 Å². The van der Waals surface area contributed by atoms with Gasteiger partial charge in [0.15, 0.2) is 6.10 Å². The molecule has 2 atom stereocenters. The number of ether oxygens (including phenoxy) is 1. The van der Waals surface area contributed by atoms with Crippen LogP contribution in [0.3, 0.4) is 0 Å². The number of aliphatic hydroxyl groups excluding tert-OH is 1. The first kappa shape index (κ1) is 16.6. The summed E-state index contributed by atoms with van der Waals surface area (Å²) < 4.78 is 5.78. The highest BCUT2D eigenvalue weighted by molar-refractivity contribution is 6.30. The summed E-state index contributed by atoms with van der Waals surface area (Å²) in [5.74, 6) is 0.811. The zero-order chi connectivity index (χ0) is 16.4. The van der Waals surface area contributed by atoms with Crippen molar-refractivity contribution in [1.82, 2.24) is 9.80 Å². The highest BCUT2D eigenvalue weighted by atomic mass is 35.5. The van der Waals surface area contributed by atoms with E-state index in [1.807, 2.05) is 24.0 Å². The molecule has 0 radical (unpaired) electrons. The third-order valence-corrected chi connectivity index (χ3v) is 4.83. The molecule has 1 N–H and O–H groups in total. The Hall–Kier alpha value is -1.30. The molecule has 0 spiro atoms. The van der Waals surface area contributed by atoms with E-state index in [1.165, 1.54) is 0 Å². The van der Waals surface area contributed by atoms with Gasteiger partial charge in [-0.15, -0.1) is 0 Å². The van der Waals surface area contributed by atoms with Gasteiger partial charge < -0.3 is 14.7 Å². The van der Waals surface area contributed by atoms with Crippen LogP contribution in [0.1, 0.15) is 18.9 Å². The fourth-order valence-corrected chi connectivity index (χ4v) is 3.33.